The summed E-state index contributed by atoms with van der Waals surface area (Å²) in [6.45, 7) is 3.54. The molecule has 0 bridgehead atoms. The van der Waals surface area contributed by atoms with Crippen LogP contribution in [0.4, 0.5) is 0 Å². The maximum absolute atomic E-state index is 13.1. The molecule has 1 atom stereocenters. The highest BCUT2D eigenvalue weighted by Gasteiger charge is 2.34. The van der Waals surface area contributed by atoms with Gasteiger partial charge in [0.1, 0.15) is 5.75 Å². The van der Waals surface area contributed by atoms with E-state index >= 15 is 0 Å². The number of aryl methyl sites for hydroxylation is 1. The monoisotopic (exact) mass is 399 g/mol. The lowest BCUT2D eigenvalue weighted by atomic mass is 10.1. The lowest BCUT2D eigenvalue weighted by molar-refractivity contribution is 0.339. The number of para-hydroxylation sites is 2. The molecule has 1 fully saturated rings. The van der Waals surface area contributed by atoms with Gasteiger partial charge in [-0.15, -0.1) is 0 Å². The molecule has 1 aromatic heterocycles. The summed E-state index contributed by atoms with van der Waals surface area (Å²) in [5.74, 6) is 0.881. The fourth-order valence-electron chi connectivity index (χ4n) is 3.88. The second-order valence-corrected chi connectivity index (χ2v) is 9.05. The maximum Gasteiger partial charge on any atom is 0.216 e. The molecular weight excluding hydrogens is 374 g/mol. The van der Waals surface area contributed by atoms with Crippen molar-refractivity contribution in [3.05, 3.63) is 60.4 Å². The quantitative estimate of drug-likeness (QED) is 0.609. The van der Waals surface area contributed by atoms with Crippen molar-refractivity contribution in [3.8, 4) is 5.75 Å². The molecular formula is C21H25N3O3S. The lowest BCUT2D eigenvalue weighted by Gasteiger charge is -2.24. The highest BCUT2D eigenvalue weighted by Crippen LogP contribution is 2.35. The molecule has 148 valence electrons. The number of hydrogen-bond acceptors (Lipinski definition) is 4. The van der Waals surface area contributed by atoms with E-state index in [0.29, 0.717) is 19.7 Å². The lowest BCUT2D eigenvalue weighted by Crippen LogP contribution is -2.33. The molecule has 2 heterocycles. The van der Waals surface area contributed by atoms with Gasteiger partial charge in [-0.2, -0.15) is 4.31 Å². The number of hydrogen-bond donors (Lipinski definition) is 0. The number of nitrogens with zero attached hydrogens (tertiary/aromatic N) is 3. The number of fused-ring (bicyclic) bond motifs is 1. The van der Waals surface area contributed by atoms with Gasteiger partial charge in [0, 0.05) is 19.1 Å². The van der Waals surface area contributed by atoms with Crippen molar-refractivity contribution in [1.82, 2.24) is 13.9 Å². The molecule has 1 aliphatic heterocycles. The Bertz CT molecular complexity index is 1040. The van der Waals surface area contributed by atoms with Crippen molar-refractivity contribution < 1.29 is 13.2 Å². The number of ether oxygens (including phenoxy) is 1. The average Bonchev–Trinajstić information content (AvgIpc) is 3.35. The van der Waals surface area contributed by atoms with Crippen LogP contribution >= 0.6 is 0 Å². The second kappa shape index (κ2) is 7.93. The zero-order valence-corrected chi connectivity index (χ0v) is 16.8. The number of benzene rings is 2. The van der Waals surface area contributed by atoms with Crippen molar-refractivity contribution in [3.63, 3.8) is 0 Å². The minimum Gasteiger partial charge on any atom is -0.494 e. The summed E-state index contributed by atoms with van der Waals surface area (Å²) < 4.78 is 35.2. The van der Waals surface area contributed by atoms with Crippen LogP contribution in [0.1, 0.15) is 31.4 Å². The molecule has 0 radical (unpaired) electrons. The van der Waals surface area contributed by atoms with Crippen LogP contribution in [0.5, 0.6) is 5.75 Å². The van der Waals surface area contributed by atoms with Gasteiger partial charge in [-0.25, -0.2) is 13.4 Å². The molecule has 7 heteroatoms. The standard InChI is InChI=1S/C21H25N3O3S/c1-2-27-18-11-9-17(10-12-18)20-8-5-13-24(20)28(25,26)15-14-23-16-22-19-6-3-4-7-21(19)23/h3-4,6-7,9-12,16,20H,2,5,8,13-15H2,1H3. The van der Waals surface area contributed by atoms with Crippen LogP contribution < -0.4 is 4.74 Å². The molecule has 0 saturated carbocycles. The third-order valence-corrected chi connectivity index (χ3v) is 7.10. The predicted octanol–water partition coefficient (Wildman–Crippen LogP) is 3.60. The first-order chi connectivity index (χ1) is 13.6. The first kappa shape index (κ1) is 19.0. The van der Waals surface area contributed by atoms with Gasteiger partial charge in [0.15, 0.2) is 0 Å². The first-order valence-electron chi connectivity index (χ1n) is 9.70. The molecule has 2 aromatic carbocycles. The molecule has 28 heavy (non-hydrogen) atoms. The zero-order chi connectivity index (χ0) is 19.6. The van der Waals surface area contributed by atoms with Crippen molar-refractivity contribution in [2.24, 2.45) is 0 Å². The van der Waals surface area contributed by atoms with E-state index < -0.39 is 10.0 Å². The molecule has 1 saturated heterocycles. The Balaban J connectivity index is 1.49. The molecule has 0 aliphatic carbocycles. The van der Waals surface area contributed by atoms with Crippen LogP contribution in [-0.2, 0) is 16.6 Å². The van der Waals surface area contributed by atoms with Gasteiger partial charge in [0.25, 0.3) is 0 Å². The van der Waals surface area contributed by atoms with Crippen LogP contribution in [0.25, 0.3) is 11.0 Å². The Kier molecular flexibility index (Phi) is 5.37. The Morgan fingerprint density at radius 1 is 1.14 bits per heavy atom. The average molecular weight is 400 g/mol. The molecule has 0 N–H and O–H groups in total. The van der Waals surface area contributed by atoms with E-state index in [2.05, 4.69) is 4.98 Å². The third kappa shape index (κ3) is 3.77. The Morgan fingerprint density at radius 3 is 2.71 bits per heavy atom. The van der Waals surface area contributed by atoms with Crippen LogP contribution in [0.15, 0.2) is 54.9 Å². The summed E-state index contributed by atoms with van der Waals surface area (Å²) >= 11 is 0. The van der Waals surface area contributed by atoms with Crippen LogP contribution in [0.2, 0.25) is 0 Å². The van der Waals surface area contributed by atoms with Crippen molar-refractivity contribution in [2.75, 3.05) is 18.9 Å². The van der Waals surface area contributed by atoms with Gasteiger partial charge in [-0.3, -0.25) is 0 Å². The van der Waals surface area contributed by atoms with E-state index in [1.807, 2.05) is 60.0 Å². The zero-order valence-electron chi connectivity index (χ0n) is 16.0. The smallest absolute Gasteiger partial charge is 0.216 e. The highest BCUT2D eigenvalue weighted by molar-refractivity contribution is 7.89. The fourth-order valence-corrected chi connectivity index (χ4v) is 5.56. The van der Waals surface area contributed by atoms with Gasteiger partial charge in [-0.05, 0) is 49.6 Å². The van der Waals surface area contributed by atoms with E-state index in [1.165, 1.54) is 0 Å². The minimum atomic E-state index is -3.37. The molecule has 4 rings (SSSR count). The minimum absolute atomic E-state index is 0.0703. The summed E-state index contributed by atoms with van der Waals surface area (Å²) in [7, 11) is -3.37. The molecule has 0 spiro atoms. The largest absolute Gasteiger partial charge is 0.494 e. The Hall–Kier alpha value is -2.38. The van der Waals surface area contributed by atoms with Gasteiger partial charge in [0.05, 0.1) is 29.7 Å². The number of imidazole rings is 1. The Morgan fingerprint density at radius 2 is 1.93 bits per heavy atom. The number of aromatic nitrogens is 2. The third-order valence-electron chi connectivity index (χ3n) is 5.25. The van der Waals surface area contributed by atoms with Crippen molar-refractivity contribution >= 4 is 21.1 Å². The van der Waals surface area contributed by atoms with E-state index in [9.17, 15) is 8.42 Å². The van der Waals surface area contributed by atoms with E-state index in [-0.39, 0.29) is 11.8 Å². The van der Waals surface area contributed by atoms with Crippen LogP contribution in [-0.4, -0.2) is 41.2 Å². The van der Waals surface area contributed by atoms with Crippen LogP contribution in [0, 0.1) is 0 Å². The van der Waals surface area contributed by atoms with Crippen molar-refractivity contribution in [2.45, 2.75) is 32.4 Å². The highest BCUT2D eigenvalue weighted by atomic mass is 32.2. The molecule has 1 unspecified atom stereocenters. The van der Waals surface area contributed by atoms with Crippen LogP contribution in [0.3, 0.4) is 0 Å². The fraction of sp³-hybridized carbons (Fsp3) is 0.381. The summed E-state index contributed by atoms with van der Waals surface area (Å²) in [4.78, 5) is 4.35. The predicted molar refractivity (Wildman–Crippen MR) is 110 cm³/mol. The van der Waals surface area contributed by atoms with Gasteiger partial charge in [-0.1, -0.05) is 24.3 Å². The molecule has 0 amide bonds. The maximum atomic E-state index is 13.1. The second-order valence-electron chi connectivity index (χ2n) is 7.01. The molecule has 6 nitrogen and oxygen atoms in total. The Labute approximate surface area is 165 Å². The summed E-state index contributed by atoms with van der Waals surface area (Å²) in [6, 6.07) is 15.5. The topological polar surface area (TPSA) is 64.4 Å². The summed E-state index contributed by atoms with van der Waals surface area (Å²) in [5, 5.41) is 0. The first-order valence-corrected chi connectivity index (χ1v) is 11.3. The number of sulfonamides is 1. The normalized spacial score (nSPS) is 18.0. The van der Waals surface area contributed by atoms with Crippen molar-refractivity contribution in [1.29, 1.82) is 0 Å². The SMILES string of the molecule is CCOc1ccc(C2CCCN2S(=O)(=O)CCn2cnc3ccccc32)cc1. The van der Waals surface area contributed by atoms with E-state index in [0.717, 1.165) is 35.2 Å². The summed E-state index contributed by atoms with van der Waals surface area (Å²) in [5.41, 5.74) is 2.87. The van der Waals surface area contributed by atoms with Gasteiger partial charge >= 0.3 is 0 Å². The van der Waals surface area contributed by atoms with Gasteiger partial charge in [0.2, 0.25) is 10.0 Å². The van der Waals surface area contributed by atoms with Gasteiger partial charge < -0.3 is 9.30 Å². The molecule has 3 aromatic rings. The molecule has 1 aliphatic rings. The number of rotatable bonds is 7. The summed E-state index contributed by atoms with van der Waals surface area (Å²) in [6.07, 6.45) is 3.44. The van der Waals surface area contributed by atoms with E-state index in [4.69, 9.17) is 4.74 Å². The van der Waals surface area contributed by atoms with E-state index in [1.54, 1.807) is 10.6 Å².